The fraction of sp³-hybridized carbons (Fsp3) is 0.778. The van der Waals surface area contributed by atoms with Crippen LogP contribution < -0.4 is 5.32 Å². The largest absolute Gasteiger partial charge is 0.376 e. The minimum absolute atomic E-state index is 0.0706. The molecule has 1 aromatic heterocycles. The van der Waals surface area contributed by atoms with Crippen LogP contribution >= 0.6 is 0 Å². The highest BCUT2D eigenvalue weighted by molar-refractivity contribution is 5.88. The molecule has 2 amide bonds. The van der Waals surface area contributed by atoms with Crippen molar-refractivity contribution in [1.29, 1.82) is 0 Å². The molecule has 2 heterocycles. The Balaban J connectivity index is 2.04. The number of anilines is 1. The van der Waals surface area contributed by atoms with E-state index < -0.39 is 0 Å². The van der Waals surface area contributed by atoms with Gasteiger partial charge in [-0.3, -0.25) is 5.32 Å². The molecule has 1 aliphatic heterocycles. The maximum Gasteiger partial charge on any atom is 0.323 e. The van der Waals surface area contributed by atoms with Gasteiger partial charge in [-0.05, 0) is 46.0 Å². The molecular formula is C18H32N4O2. The highest BCUT2D eigenvalue weighted by atomic mass is 16.5. The number of nitrogens with one attached hydrogen (secondary N) is 1. The lowest BCUT2D eigenvalue weighted by atomic mass is 10.1. The second kappa shape index (κ2) is 9.06. The Morgan fingerprint density at radius 3 is 2.75 bits per heavy atom. The highest BCUT2D eigenvalue weighted by Gasteiger charge is 2.22. The molecule has 2 rings (SSSR count). The van der Waals surface area contributed by atoms with Crippen molar-refractivity contribution < 1.29 is 9.53 Å². The van der Waals surface area contributed by atoms with E-state index in [1.807, 2.05) is 29.5 Å². The Kier molecular flexibility index (Phi) is 7.09. The van der Waals surface area contributed by atoms with Gasteiger partial charge in [0.1, 0.15) is 5.82 Å². The molecule has 24 heavy (non-hydrogen) atoms. The number of amides is 2. The van der Waals surface area contributed by atoms with Crippen LogP contribution in [0.4, 0.5) is 10.6 Å². The Labute approximate surface area is 145 Å². The van der Waals surface area contributed by atoms with Crippen molar-refractivity contribution in [3.05, 3.63) is 11.8 Å². The molecule has 1 aromatic rings. The summed E-state index contributed by atoms with van der Waals surface area (Å²) in [6, 6.07) is 2.19. The molecule has 0 aliphatic carbocycles. The van der Waals surface area contributed by atoms with Crippen molar-refractivity contribution in [2.75, 3.05) is 25.0 Å². The van der Waals surface area contributed by atoms with Crippen LogP contribution in [-0.4, -0.2) is 46.5 Å². The van der Waals surface area contributed by atoms with Crippen molar-refractivity contribution >= 4 is 11.8 Å². The molecular weight excluding hydrogens is 304 g/mol. The zero-order chi connectivity index (χ0) is 17.5. The third kappa shape index (κ3) is 4.72. The number of likely N-dealkylation sites (N-methyl/N-ethyl adjacent to an activating group) is 1. The lowest BCUT2D eigenvalue weighted by Gasteiger charge is -2.29. The second-order valence-corrected chi connectivity index (χ2v) is 6.54. The van der Waals surface area contributed by atoms with Gasteiger partial charge in [-0.1, -0.05) is 13.8 Å². The molecule has 6 heteroatoms. The van der Waals surface area contributed by atoms with Gasteiger partial charge in [-0.25, -0.2) is 9.48 Å². The zero-order valence-electron chi connectivity index (χ0n) is 15.5. The average molecular weight is 336 g/mol. The molecule has 0 saturated carbocycles. The van der Waals surface area contributed by atoms with Gasteiger partial charge in [0.2, 0.25) is 0 Å². The first-order valence-electron chi connectivity index (χ1n) is 9.32. The average Bonchev–Trinajstić information content (AvgIpc) is 2.95. The van der Waals surface area contributed by atoms with E-state index in [1.165, 1.54) is 6.42 Å². The predicted octanol–water partition coefficient (Wildman–Crippen LogP) is 3.98. The van der Waals surface area contributed by atoms with Gasteiger partial charge >= 0.3 is 6.03 Å². The first kappa shape index (κ1) is 18.8. The summed E-state index contributed by atoms with van der Waals surface area (Å²) in [6.07, 6.45) is 5.50. The SMILES string of the molecule is CCC(CC)n1nc(C)cc1NC(=O)N(CC)CC1CCCCO1. The molecule has 1 atom stereocenters. The number of carbonyl (C=O) groups excluding carboxylic acids is 1. The van der Waals surface area contributed by atoms with Gasteiger partial charge in [0, 0.05) is 25.8 Å². The maximum absolute atomic E-state index is 12.7. The topological polar surface area (TPSA) is 59.4 Å². The monoisotopic (exact) mass is 336 g/mol. The fourth-order valence-corrected chi connectivity index (χ4v) is 3.26. The highest BCUT2D eigenvalue weighted by Crippen LogP contribution is 2.22. The van der Waals surface area contributed by atoms with Crippen LogP contribution in [0.1, 0.15) is 64.6 Å². The van der Waals surface area contributed by atoms with E-state index in [2.05, 4.69) is 24.3 Å². The zero-order valence-corrected chi connectivity index (χ0v) is 15.5. The van der Waals surface area contributed by atoms with Crippen LogP contribution in [0.3, 0.4) is 0 Å². The Hall–Kier alpha value is -1.56. The van der Waals surface area contributed by atoms with E-state index in [0.717, 1.165) is 43.8 Å². The van der Waals surface area contributed by atoms with Gasteiger partial charge in [-0.15, -0.1) is 0 Å². The number of hydrogen-bond donors (Lipinski definition) is 1. The van der Waals surface area contributed by atoms with Crippen molar-refractivity contribution in [3.63, 3.8) is 0 Å². The van der Waals surface area contributed by atoms with E-state index >= 15 is 0 Å². The molecule has 136 valence electrons. The fourth-order valence-electron chi connectivity index (χ4n) is 3.26. The van der Waals surface area contributed by atoms with Gasteiger partial charge < -0.3 is 9.64 Å². The molecule has 1 unspecified atom stereocenters. The number of ether oxygens (including phenoxy) is 1. The third-order valence-electron chi connectivity index (χ3n) is 4.75. The van der Waals surface area contributed by atoms with Crippen LogP contribution in [0.25, 0.3) is 0 Å². The van der Waals surface area contributed by atoms with E-state index in [1.54, 1.807) is 0 Å². The first-order valence-corrected chi connectivity index (χ1v) is 9.32. The number of hydrogen-bond acceptors (Lipinski definition) is 3. The summed E-state index contributed by atoms with van der Waals surface area (Å²) in [5.74, 6) is 0.786. The van der Waals surface area contributed by atoms with E-state index in [4.69, 9.17) is 4.74 Å². The Bertz CT molecular complexity index is 519. The summed E-state index contributed by atoms with van der Waals surface area (Å²) in [4.78, 5) is 14.5. The summed E-state index contributed by atoms with van der Waals surface area (Å²) in [6.45, 7) is 10.4. The molecule has 1 aliphatic rings. The second-order valence-electron chi connectivity index (χ2n) is 6.54. The van der Waals surface area contributed by atoms with Crippen molar-refractivity contribution in [2.45, 2.75) is 71.9 Å². The minimum atomic E-state index is -0.0706. The maximum atomic E-state index is 12.7. The van der Waals surface area contributed by atoms with Crippen molar-refractivity contribution in [3.8, 4) is 0 Å². The quantitative estimate of drug-likeness (QED) is 0.819. The van der Waals surface area contributed by atoms with E-state index in [-0.39, 0.29) is 12.1 Å². The summed E-state index contributed by atoms with van der Waals surface area (Å²) in [5.41, 5.74) is 0.927. The standard InChI is InChI=1S/C18H32N4O2/c1-5-15(6-2)22-17(12-14(4)20-22)19-18(23)21(7-3)13-16-10-8-9-11-24-16/h12,15-16H,5-11,13H2,1-4H3,(H,19,23). The first-order chi connectivity index (χ1) is 11.6. The van der Waals surface area contributed by atoms with Crippen LogP contribution in [-0.2, 0) is 4.74 Å². The number of carbonyl (C=O) groups is 1. The minimum Gasteiger partial charge on any atom is -0.376 e. The Morgan fingerprint density at radius 1 is 1.42 bits per heavy atom. The normalized spacial score (nSPS) is 18.0. The van der Waals surface area contributed by atoms with Gasteiger partial charge in [0.15, 0.2) is 0 Å². The number of aromatic nitrogens is 2. The lowest BCUT2D eigenvalue weighted by Crippen LogP contribution is -2.42. The van der Waals surface area contributed by atoms with Crippen LogP contribution in [0.2, 0.25) is 0 Å². The van der Waals surface area contributed by atoms with Gasteiger partial charge in [0.05, 0.1) is 17.8 Å². The predicted molar refractivity (Wildman–Crippen MR) is 96.4 cm³/mol. The van der Waals surface area contributed by atoms with E-state index in [0.29, 0.717) is 19.1 Å². The molecule has 0 aromatic carbocycles. The molecule has 0 radical (unpaired) electrons. The molecule has 0 spiro atoms. The summed E-state index contributed by atoms with van der Waals surface area (Å²) >= 11 is 0. The van der Waals surface area contributed by atoms with Crippen LogP contribution in [0.5, 0.6) is 0 Å². The Morgan fingerprint density at radius 2 is 2.17 bits per heavy atom. The van der Waals surface area contributed by atoms with Crippen molar-refractivity contribution in [1.82, 2.24) is 14.7 Å². The number of rotatable bonds is 7. The lowest BCUT2D eigenvalue weighted by molar-refractivity contribution is 0.00220. The molecule has 6 nitrogen and oxygen atoms in total. The van der Waals surface area contributed by atoms with E-state index in [9.17, 15) is 4.79 Å². The number of aryl methyl sites for hydroxylation is 1. The summed E-state index contributed by atoms with van der Waals surface area (Å²) in [7, 11) is 0. The smallest absolute Gasteiger partial charge is 0.323 e. The van der Waals surface area contributed by atoms with Gasteiger partial charge in [-0.2, -0.15) is 5.10 Å². The summed E-state index contributed by atoms with van der Waals surface area (Å²) < 4.78 is 7.73. The molecule has 1 saturated heterocycles. The molecule has 1 fully saturated rings. The molecule has 0 bridgehead atoms. The number of nitrogens with zero attached hydrogens (tertiary/aromatic N) is 3. The third-order valence-corrected chi connectivity index (χ3v) is 4.75. The molecule has 1 N–H and O–H groups in total. The van der Waals surface area contributed by atoms with Crippen LogP contribution in [0.15, 0.2) is 6.07 Å². The number of urea groups is 1. The summed E-state index contributed by atoms with van der Waals surface area (Å²) in [5, 5.41) is 7.62. The van der Waals surface area contributed by atoms with Crippen molar-refractivity contribution in [2.24, 2.45) is 0 Å². The van der Waals surface area contributed by atoms with Crippen LogP contribution in [0, 0.1) is 6.92 Å². The van der Waals surface area contributed by atoms with Gasteiger partial charge in [0.25, 0.3) is 0 Å².